The standard InChI is InChI=1S/C18H22N4OS/c1-13(17-20-14-7-3-4-8-15(14)24-17)22(2)11-16(23)21-18(12-19)9-5-6-10-18/h3-4,7-8,13H,5-6,9-11H2,1-2H3,(H,21,23)/p+1/t13-/m1/s1. The fraction of sp³-hybridized carbons (Fsp3) is 0.500. The first-order chi connectivity index (χ1) is 11.5. The zero-order valence-corrected chi connectivity index (χ0v) is 14.9. The predicted octanol–water partition coefficient (Wildman–Crippen LogP) is 1.82. The maximum atomic E-state index is 12.4. The second-order valence-corrected chi connectivity index (χ2v) is 7.78. The van der Waals surface area contributed by atoms with E-state index in [0.717, 1.165) is 41.1 Å². The van der Waals surface area contributed by atoms with Crippen LogP contribution >= 0.6 is 11.3 Å². The van der Waals surface area contributed by atoms with Gasteiger partial charge >= 0.3 is 0 Å². The molecule has 2 aromatic rings. The van der Waals surface area contributed by atoms with Gasteiger partial charge in [-0.25, -0.2) is 4.98 Å². The van der Waals surface area contributed by atoms with Crippen molar-refractivity contribution in [2.24, 2.45) is 0 Å². The summed E-state index contributed by atoms with van der Waals surface area (Å²) in [6, 6.07) is 10.5. The van der Waals surface area contributed by atoms with Crippen molar-refractivity contribution in [3.8, 4) is 6.07 Å². The van der Waals surface area contributed by atoms with E-state index in [0.29, 0.717) is 6.54 Å². The summed E-state index contributed by atoms with van der Waals surface area (Å²) >= 11 is 1.68. The van der Waals surface area contributed by atoms with Crippen molar-refractivity contribution in [2.75, 3.05) is 13.6 Å². The van der Waals surface area contributed by atoms with Crippen molar-refractivity contribution in [3.63, 3.8) is 0 Å². The lowest BCUT2D eigenvalue weighted by molar-refractivity contribution is -0.902. The number of carbonyl (C=O) groups is 1. The number of thiazole rings is 1. The Labute approximate surface area is 146 Å². The van der Waals surface area contributed by atoms with E-state index in [1.165, 1.54) is 4.70 Å². The van der Waals surface area contributed by atoms with Gasteiger partial charge in [-0.1, -0.05) is 12.1 Å². The molecule has 1 aromatic heterocycles. The van der Waals surface area contributed by atoms with E-state index in [1.807, 2.05) is 25.2 Å². The number of para-hydroxylation sites is 1. The van der Waals surface area contributed by atoms with E-state index < -0.39 is 5.54 Å². The number of hydrogen-bond donors (Lipinski definition) is 2. The number of likely N-dealkylation sites (N-methyl/N-ethyl adjacent to an activating group) is 1. The lowest BCUT2D eigenvalue weighted by atomic mass is 10.00. The molecule has 2 atom stereocenters. The van der Waals surface area contributed by atoms with E-state index >= 15 is 0 Å². The van der Waals surface area contributed by atoms with E-state index in [2.05, 4.69) is 29.4 Å². The van der Waals surface area contributed by atoms with Gasteiger partial charge in [0.2, 0.25) is 0 Å². The summed E-state index contributed by atoms with van der Waals surface area (Å²) in [6.45, 7) is 2.44. The van der Waals surface area contributed by atoms with Gasteiger partial charge in [0.15, 0.2) is 11.6 Å². The molecule has 6 heteroatoms. The van der Waals surface area contributed by atoms with Gasteiger partial charge in [-0.3, -0.25) is 4.79 Å². The summed E-state index contributed by atoms with van der Waals surface area (Å²) in [5.41, 5.74) is 0.368. The summed E-state index contributed by atoms with van der Waals surface area (Å²) in [4.78, 5) is 18.2. The predicted molar refractivity (Wildman–Crippen MR) is 94.7 cm³/mol. The van der Waals surface area contributed by atoms with Gasteiger partial charge in [-0.15, -0.1) is 11.3 Å². The minimum atomic E-state index is -0.642. The Morgan fingerprint density at radius 2 is 2.17 bits per heavy atom. The first kappa shape index (κ1) is 16.9. The van der Waals surface area contributed by atoms with Gasteiger partial charge in [0.25, 0.3) is 5.91 Å². The second-order valence-electron chi connectivity index (χ2n) is 6.71. The average molecular weight is 343 g/mol. The molecule has 1 aliphatic rings. The third-order valence-electron chi connectivity index (χ3n) is 4.91. The molecule has 1 unspecified atom stereocenters. The van der Waals surface area contributed by atoms with Crippen LogP contribution < -0.4 is 10.2 Å². The SMILES string of the molecule is C[C@H](c1nc2ccccc2s1)[NH+](C)CC(=O)NC1(C#N)CCCC1. The van der Waals surface area contributed by atoms with Crippen LogP contribution in [-0.4, -0.2) is 30.0 Å². The number of carbonyl (C=O) groups excluding carboxylic acids is 1. The fourth-order valence-corrected chi connectivity index (χ4v) is 4.36. The second kappa shape index (κ2) is 6.88. The van der Waals surface area contributed by atoms with Crippen molar-refractivity contribution in [3.05, 3.63) is 29.3 Å². The molecule has 3 rings (SSSR count). The van der Waals surface area contributed by atoms with Crippen LogP contribution in [-0.2, 0) is 4.79 Å². The highest BCUT2D eigenvalue weighted by atomic mass is 32.1. The van der Waals surface area contributed by atoms with Crippen molar-refractivity contribution in [1.29, 1.82) is 5.26 Å². The summed E-state index contributed by atoms with van der Waals surface area (Å²) in [5, 5.41) is 13.4. The maximum absolute atomic E-state index is 12.4. The first-order valence-electron chi connectivity index (χ1n) is 8.43. The minimum Gasteiger partial charge on any atom is -0.333 e. The Hall–Kier alpha value is -1.97. The normalized spacial score (nSPS) is 18.9. The Kier molecular flexibility index (Phi) is 4.83. The Morgan fingerprint density at radius 1 is 1.46 bits per heavy atom. The van der Waals surface area contributed by atoms with Crippen LogP contribution in [0.25, 0.3) is 10.2 Å². The Morgan fingerprint density at radius 3 is 2.83 bits per heavy atom. The zero-order valence-electron chi connectivity index (χ0n) is 14.1. The molecule has 1 saturated carbocycles. The molecule has 1 aliphatic carbocycles. The quantitative estimate of drug-likeness (QED) is 0.870. The average Bonchev–Trinajstić information content (AvgIpc) is 3.20. The van der Waals surface area contributed by atoms with E-state index in [9.17, 15) is 10.1 Å². The van der Waals surface area contributed by atoms with Gasteiger partial charge in [-0.05, 0) is 44.7 Å². The van der Waals surface area contributed by atoms with Crippen LogP contribution in [0.1, 0.15) is 43.7 Å². The molecule has 0 spiro atoms. The molecule has 1 aromatic carbocycles. The van der Waals surface area contributed by atoms with Gasteiger partial charge in [0.1, 0.15) is 11.6 Å². The molecule has 0 radical (unpaired) electrons. The van der Waals surface area contributed by atoms with Crippen LogP contribution in [0.5, 0.6) is 0 Å². The number of rotatable bonds is 5. The molecule has 0 aliphatic heterocycles. The van der Waals surface area contributed by atoms with Crippen LogP contribution in [0, 0.1) is 11.3 Å². The van der Waals surface area contributed by atoms with Crippen molar-refractivity contribution in [2.45, 2.75) is 44.2 Å². The largest absolute Gasteiger partial charge is 0.333 e. The van der Waals surface area contributed by atoms with E-state index in [1.54, 1.807) is 11.3 Å². The van der Waals surface area contributed by atoms with Crippen LogP contribution in [0.2, 0.25) is 0 Å². The number of amides is 1. The lowest BCUT2D eigenvalue weighted by Crippen LogP contribution is -3.10. The zero-order chi connectivity index (χ0) is 17.2. The van der Waals surface area contributed by atoms with Gasteiger partial charge in [-0.2, -0.15) is 5.26 Å². The number of aromatic nitrogens is 1. The lowest BCUT2D eigenvalue weighted by Gasteiger charge is -2.24. The van der Waals surface area contributed by atoms with Crippen LogP contribution in [0.4, 0.5) is 0 Å². The molecule has 2 N–H and O–H groups in total. The van der Waals surface area contributed by atoms with Gasteiger partial charge in [0, 0.05) is 0 Å². The molecular formula is C18H23N4OS+. The molecule has 0 saturated heterocycles. The molecule has 24 heavy (non-hydrogen) atoms. The molecular weight excluding hydrogens is 320 g/mol. The van der Waals surface area contributed by atoms with E-state index in [4.69, 9.17) is 0 Å². The Bertz CT molecular complexity index is 740. The van der Waals surface area contributed by atoms with Crippen molar-refractivity contribution in [1.82, 2.24) is 10.3 Å². The number of fused-ring (bicyclic) bond motifs is 1. The molecule has 5 nitrogen and oxygen atoms in total. The number of hydrogen-bond acceptors (Lipinski definition) is 4. The smallest absolute Gasteiger partial charge is 0.276 e. The van der Waals surface area contributed by atoms with Crippen molar-refractivity contribution < 1.29 is 9.69 Å². The monoisotopic (exact) mass is 343 g/mol. The van der Waals surface area contributed by atoms with Gasteiger partial charge in [0.05, 0.1) is 23.3 Å². The third kappa shape index (κ3) is 3.42. The van der Waals surface area contributed by atoms with Crippen LogP contribution in [0.3, 0.4) is 0 Å². The van der Waals surface area contributed by atoms with Gasteiger partial charge < -0.3 is 10.2 Å². The molecule has 1 heterocycles. The van der Waals surface area contributed by atoms with Crippen molar-refractivity contribution >= 4 is 27.5 Å². The molecule has 1 fully saturated rings. The highest BCUT2D eigenvalue weighted by Crippen LogP contribution is 2.28. The summed E-state index contributed by atoms with van der Waals surface area (Å²) < 4.78 is 1.17. The number of nitriles is 1. The molecule has 0 bridgehead atoms. The highest BCUT2D eigenvalue weighted by molar-refractivity contribution is 7.18. The fourth-order valence-electron chi connectivity index (χ4n) is 3.25. The first-order valence-corrected chi connectivity index (χ1v) is 9.25. The molecule has 1 amide bonds. The molecule has 126 valence electrons. The topological polar surface area (TPSA) is 70.2 Å². The summed E-state index contributed by atoms with van der Waals surface area (Å²) in [5.74, 6) is -0.0519. The number of benzene rings is 1. The number of nitrogens with one attached hydrogen (secondary N) is 2. The third-order valence-corrected chi connectivity index (χ3v) is 6.13. The number of quaternary nitrogens is 1. The van der Waals surface area contributed by atoms with E-state index in [-0.39, 0.29) is 11.9 Å². The summed E-state index contributed by atoms with van der Waals surface area (Å²) in [7, 11) is 2.00. The Balaban J connectivity index is 1.64. The summed E-state index contributed by atoms with van der Waals surface area (Å²) in [6.07, 6.45) is 3.56. The maximum Gasteiger partial charge on any atom is 0.276 e. The van der Waals surface area contributed by atoms with Crippen LogP contribution in [0.15, 0.2) is 24.3 Å². The highest BCUT2D eigenvalue weighted by Gasteiger charge is 2.36. The number of nitrogens with zero attached hydrogens (tertiary/aromatic N) is 2. The minimum absolute atomic E-state index is 0.0519.